The summed E-state index contributed by atoms with van der Waals surface area (Å²) in [7, 11) is 2.87. The summed E-state index contributed by atoms with van der Waals surface area (Å²) in [6, 6.07) is 4.34. The lowest BCUT2D eigenvalue weighted by atomic mass is 10.1. The van der Waals surface area contributed by atoms with Gasteiger partial charge in [-0.3, -0.25) is 24.0 Å². The van der Waals surface area contributed by atoms with Gasteiger partial charge in [-0.25, -0.2) is 14.2 Å². The third-order valence-electron chi connectivity index (χ3n) is 7.08. The molecular weight excluding hydrogens is 481 g/mol. The van der Waals surface area contributed by atoms with Crippen LogP contribution in [-0.2, 0) is 18.9 Å². The smallest absolute Gasteiger partial charge is 0.332 e. The number of amides is 1. The summed E-state index contributed by atoms with van der Waals surface area (Å²) < 4.78 is 24.2. The molecule has 5 rings (SSSR count). The highest BCUT2D eigenvalue weighted by Crippen LogP contribution is 2.32. The molecule has 0 aliphatic carbocycles. The van der Waals surface area contributed by atoms with Crippen molar-refractivity contribution in [3.05, 3.63) is 56.9 Å². The molecule has 0 radical (unpaired) electrons. The van der Waals surface area contributed by atoms with Gasteiger partial charge in [0.05, 0.1) is 12.0 Å². The van der Waals surface area contributed by atoms with E-state index < -0.39 is 23.2 Å². The van der Waals surface area contributed by atoms with Crippen molar-refractivity contribution < 1.29 is 13.6 Å². The van der Waals surface area contributed by atoms with Crippen molar-refractivity contribution in [2.24, 2.45) is 14.1 Å². The first-order valence-electron chi connectivity index (χ1n) is 12.1. The fourth-order valence-corrected chi connectivity index (χ4v) is 4.89. The summed E-state index contributed by atoms with van der Waals surface area (Å²) in [5, 5.41) is 2.62. The number of hydrogen-bond donors (Lipinski definition) is 1. The van der Waals surface area contributed by atoms with E-state index in [2.05, 4.69) is 27.1 Å². The first-order valence-corrected chi connectivity index (χ1v) is 12.1. The molecule has 37 heavy (non-hydrogen) atoms. The molecule has 4 heterocycles. The molecule has 2 unspecified atom stereocenters. The quantitative estimate of drug-likeness (QED) is 0.439. The van der Waals surface area contributed by atoms with Gasteiger partial charge >= 0.3 is 11.7 Å². The molecule has 1 N–H and O–H groups in total. The molecule has 194 valence electrons. The van der Waals surface area contributed by atoms with Crippen molar-refractivity contribution in [2.45, 2.75) is 45.7 Å². The summed E-state index contributed by atoms with van der Waals surface area (Å²) >= 11 is 0. The van der Waals surface area contributed by atoms with E-state index in [4.69, 9.17) is 4.42 Å². The van der Waals surface area contributed by atoms with E-state index in [1.165, 1.54) is 35.6 Å². The topological polar surface area (TPSA) is 120 Å². The summed E-state index contributed by atoms with van der Waals surface area (Å²) in [6.45, 7) is 6.18. The Balaban J connectivity index is 1.40. The molecule has 1 amide bonds. The number of nitrogens with one attached hydrogen (secondary N) is 1. The van der Waals surface area contributed by atoms with Gasteiger partial charge in [-0.05, 0) is 45.7 Å². The van der Waals surface area contributed by atoms with Crippen LogP contribution in [0, 0.1) is 12.7 Å². The second kappa shape index (κ2) is 9.02. The average Bonchev–Trinajstić information content (AvgIpc) is 3.59. The van der Waals surface area contributed by atoms with Gasteiger partial charge in [0, 0.05) is 32.2 Å². The van der Waals surface area contributed by atoms with Crippen molar-refractivity contribution in [2.75, 3.05) is 16.8 Å². The minimum Gasteiger partial charge on any atom is -0.428 e. The first-order chi connectivity index (χ1) is 17.6. The van der Waals surface area contributed by atoms with Gasteiger partial charge in [-0.15, -0.1) is 0 Å². The van der Waals surface area contributed by atoms with E-state index in [-0.39, 0.29) is 29.0 Å². The zero-order valence-corrected chi connectivity index (χ0v) is 21.3. The Hall–Kier alpha value is -4.22. The third kappa shape index (κ3) is 4.02. The van der Waals surface area contributed by atoms with Crippen LogP contribution < -0.4 is 21.5 Å². The summed E-state index contributed by atoms with van der Waals surface area (Å²) in [6.07, 6.45) is 3.41. The summed E-state index contributed by atoms with van der Waals surface area (Å²) in [5.41, 5.74) is 0.747. The monoisotopic (exact) mass is 509 g/mol. The standard InChI is InChI=1S/C25H28FN7O4/c1-13-7-6-10-32(13)18-9-8-16(11-17(18)26)19-15(3)37-24(28-19)29-22(34)14(2)33-12-27-21-20(33)23(35)31(5)25(36)30(21)4/h8-9,11-14H,6-7,10H2,1-5H3,(H,28,29,34). The number of hydrogen-bond acceptors (Lipinski definition) is 7. The molecule has 0 spiro atoms. The van der Waals surface area contributed by atoms with Crippen LogP contribution in [0.3, 0.4) is 0 Å². The van der Waals surface area contributed by atoms with E-state index in [1.54, 1.807) is 26.0 Å². The zero-order chi connectivity index (χ0) is 26.6. The van der Waals surface area contributed by atoms with Gasteiger partial charge in [0.15, 0.2) is 11.2 Å². The number of oxazole rings is 1. The molecule has 1 aromatic carbocycles. The molecule has 1 fully saturated rings. The van der Waals surface area contributed by atoms with Crippen LogP contribution >= 0.6 is 0 Å². The lowest BCUT2D eigenvalue weighted by molar-refractivity contribution is -0.118. The molecule has 4 aromatic rings. The van der Waals surface area contributed by atoms with Crippen LogP contribution in [0.15, 0.2) is 38.5 Å². The van der Waals surface area contributed by atoms with Crippen molar-refractivity contribution in [1.29, 1.82) is 0 Å². The number of rotatable bonds is 5. The Bertz CT molecular complexity index is 1650. The van der Waals surface area contributed by atoms with Crippen molar-refractivity contribution in [3.8, 4) is 11.3 Å². The number of fused-ring (bicyclic) bond motifs is 1. The second-order valence-electron chi connectivity index (χ2n) is 9.47. The van der Waals surface area contributed by atoms with Gasteiger partial charge in [0.25, 0.3) is 11.5 Å². The highest BCUT2D eigenvalue weighted by molar-refractivity contribution is 5.93. The normalized spacial score (nSPS) is 16.5. The van der Waals surface area contributed by atoms with Gasteiger partial charge < -0.3 is 13.9 Å². The second-order valence-corrected chi connectivity index (χ2v) is 9.47. The highest BCUT2D eigenvalue weighted by Gasteiger charge is 2.25. The Morgan fingerprint density at radius 2 is 2.00 bits per heavy atom. The molecule has 2 atom stereocenters. The molecule has 1 saturated heterocycles. The van der Waals surface area contributed by atoms with Crippen LogP contribution in [0.2, 0.25) is 0 Å². The number of aryl methyl sites for hydroxylation is 2. The third-order valence-corrected chi connectivity index (χ3v) is 7.08. The Kier molecular flexibility index (Phi) is 5.97. The average molecular weight is 510 g/mol. The molecular formula is C25H28FN7O4. The molecule has 1 aliphatic rings. The Morgan fingerprint density at radius 1 is 1.24 bits per heavy atom. The number of nitrogens with zero attached hydrogens (tertiary/aromatic N) is 6. The van der Waals surface area contributed by atoms with E-state index in [0.717, 1.165) is 24.0 Å². The van der Waals surface area contributed by atoms with Crippen molar-refractivity contribution >= 4 is 28.8 Å². The predicted octanol–water partition coefficient (Wildman–Crippen LogP) is 2.72. The van der Waals surface area contributed by atoms with E-state index in [0.29, 0.717) is 22.7 Å². The highest BCUT2D eigenvalue weighted by atomic mass is 19.1. The molecule has 1 aliphatic heterocycles. The number of carbonyl (C=O) groups is 1. The van der Waals surface area contributed by atoms with E-state index in [1.807, 2.05) is 0 Å². The Labute approximate surface area is 211 Å². The van der Waals surface area contributed by atoms with Gasteiger partial charge in [0.2, 0.25) is 0 Å². The van der Waals surface area contributed by atoms with E-state index in [9.17, 15) is 18.8 Å². The van der Waals surface area contributed by atoms with Crippen LogP contribution in [0.4, 0.5) is 16.1 Å². The zero-order valence-electron chi connectivity index (χ0n) is 21.3. The lowest BCUT2D eigenvalue weighted by Crippen LogP contribution is -2.38. The van der Waals surface area contributed by atoms with Gasteiger partial charge in [-0.2, -0.15) is 4.98 Å². The number of halogens is 1. The van der Waals surface area contributed by atoms with Crippen molar-refractivity contribution in [3.63, 3.8) is 0 Å². The maximum absolute atomic E-state index is 15.0. The molecule has 0 bridgehead atoms. The lowest BCUT2D eigenvalue weighted by Gasteiger charge is -2.24. The fraction of sp³-hybridized carbons (Fsp3) is 0.400. The van der Waals surface area contributed by atoms with Gasteiger partial charge in [-0.1, -0.05) is 6.07 Å². The fourth-order valence-electron chi connectivity index (χ4n) is 4.89. The van der Waals surface area contributed by atoms with Crippen LogP contribution in [0.5, 0.6) is 0 Å². The van der Waals surface area contributed by atoms with Crippen molar-refractivity contribution in [1.82, 2.24) is 23.7 Å². The molecule has 0 saturated carbocycles. The minimum atomic E-state index is -0.870. The van der Waals surface area contributed by atoms with E-state index >= 15 is 0 Å². The first kappa shape index (κ1) is 24.5. The molecule has 3 aromatic heterocycles. The Morgan fingerprint density at radius 3 is 2.68 bits per heavy atom. The van der Waals surface area contributed by atoms with Crippen LogP contribution in [0.25, 0.3) is 22.4 Å². The van der Waals surface area contributed by atoms with Crippen LogP contribution in [-0.4, -0.2) is 42.2 Å². The number of anilines is 2. The number of benzene rings is 1. The number of carbonyl (C=O) groups excluding carboxylic acids is 1. The maximum atomic E-state index is 15.0. The summed E-state index contributed by atoms with van der Waals surface area (Å²) in [5.74, 6) is -0.426. The predicted molar refractivity (Wildman–Crippen MR) is 136 cm³/mol. The SMILES string of the molecule is Cc1oc(NC(=O)C(C)n2cnc3c2c(=O)n(C)c(=O)n3C)nc1-c1ccc(N2CCCC2C)c(F)c1. The van der Waals surface area contributed by atoms with Crippen LogP contribution in [0.1, 0.15) is 38.5 Å². The number of aromatic nitrogens is 5. The minimum absolute atomic E-state index is 0.0493. The largest absolute Gasteiger partial charge is 0.428 e. The summed E-state index contributed by atoms with van der Waals surface area (Å²) in [4.78, 5) is 48.5. The molecule has 11 nitrogen and oxygen atoms in total. The maximum Gasteiger partial charge on any atom is 0.332 e. The molecule has 12 heteroatoms. The number of imidazole rings is 1. The van der Waals surface area contributed by atoms with Gasteiger partial charge in [0.1, 0.15) is 23.3 Å².